The van der Waals surface area contributed by atoms with E-state index in [2.05, 4.69) is 69.8 Å². The summed E-state index contributed by atoms with van der Waals surface area (Å²) in [5, 5.41) is 3.02. The van der Waals surface area contributed by atoms with E-state index >= 15 is 0 Å². The summed E-state index contributed by atoms with van der Waals surface area (Å²) in [6, 6.07) is 17.2. The number of rotatable bonds is 7. The minimum atomic E-state index is -0.203. The second-order valence-corrected chi connectivity index (χ2v) is 9.14. The van der Waals surface area contributed by atoms with Crippen LogP contribution in [0, 0.1) is 7.14 Å². The highest BCUT2D eigenvalue weighted by atomic mass is 127. The summed E-state index contributed by atoms with van der Waals surface area (Å²) < 4.78 is 3.94. The molecule has 128 valence electrons. The third kappa shape index (κ3) is 5.77. The van der Waals surface area contributed by atoms with Crippen molar-refractivity contribution in [2.75, 3.05) is 19.6 Å². The Morgan fingerprint density at radius 2 is 1.75 bits per heavy atom. The summed E-state index contributed by atoms with van der Waals surface area (Å²) in [7, 11) is 0. The van der Waals surface area contributed by atoms with Crippen molar-refractivity contribution < 1.29 is 26.0 Å². The molecule has 2 rings (SSSR count). The molecule has 0 aromatic heterocycles. The number of hydrogen-bond donors (Lipinski definition) is 1. The molecule has 2 aromatic carbocycles. The first-order valence-corrected chi connectivity index (χ1v) is 11.1. The van der Waals surface area contributed by atoms with Gasteiger partial charge < -0.3 is 10.2 Å². The number of carbonyl (C=O) groups excluding carboxylic acids is 1. The number of halogens is 2. The van der Waals surface area contributed by atoms with Gasteiger partial charge in [0.05, 0.1) is 0 Å². The monoisotopic (exact) mass is 501 g/mol. The van der Waals surface area contributed by atoms with Crippen molar-refractivity contribution in [3.63, 3.8) is 0 Å². The van der Waals surface area contributed by atoms with E-state index in [9.17, 15) is 4.79 Å². The first-order valence-electron chi connectivity index (χ1n) is 8.15. The molecule has 0 unspecified atom stereocenters. The maximum Gasteiger partial charge on any atom is 0.358 e. The van der Waals surface area contributed by atoms with E-state index in [0.29, 0.717) is 6.54 Å². The molecule has 2 amide bonds. The van der Waals surface area contributed by atoms with Crippen LogP contribution in [0.4, 0.5) is 4.79 Å². The van der Waals surface area contributed by atoms with Gasteiger partial charge in [-0.05, 0) is 50.6 Å². The second kappa shape index (κ2) is 10.0. The zero-order valence-corrected chi connectivity index (χ0v) is 17.8. The fourth-order valence-electron chi connectivity index (χ4n) is 2.33. The molecule has 24 heavy (non-hydrogen) atoms. The molecule has 0 saturated heterocycles. The Hall–Kier alpha value is -1.08. The van der Waals surface area contributed by atoms with Gasteiger partial charge in [-0.3, -0.25) is 0 Å². The summed E-state index contributed by atoms with van der Waals surface area (Å²) >= 11 is 3.28. The third-order valence-corrected chi connectivity index (χ3v) is 7.20. The molecule has 0 aliphatic heterocycles. The number of nitrogens with one attached hydrogen (secondary N) is 1. The lowest BCUT2D eigenvalue weighted by molar-refractivity contribution is -0.598. The minimum Gasteiger partial charge on any atom is -0.338 e. The molecule has 0 radical (unpaired) electrons. The van der Waals surface area contributed by atoms with Crippen molar-refractivity contribution in [1.82, 2.24) is 10.2 Å². The van der Waals surface area contributed by atoms with Crippen LogP contribution in [0.3, 0.4) is 0 Å². The van der Waals surface area contributed by atoms with E-state index in [0.717, 1.165) is 24.0 Å². The molecule has 0 bridgehead atoms. The maximum atomic E-state index is 12.0. The van der Waals surface area contributed by atoms with Crippen molar-refractivity contribution in [3.8, 4) is 0 Å². The standard InChI is InChI=1S/C19H22BrIN2O/c1-3-23(4-2)19(24)22-14-13-15-7-5-6-8-18(15)21-17-11-9-16(20)10-12-17/h5-12H,3-4,13-14H2,1-2H3/p+1. The zero-order valence-electron chi connectivity index (χ0n) is 14.1. The number of amides is 2. The quantitative estimate of drug-likeness (QED) is 0.567. The highest BCUT2D eigenvalue weighted by Crippen LogP contribution is 2.06. The second-order valence-electron chi connectivity index (χ2n) is 5.28. The largest absolute Gasteiger partial charge is 0.358 e. The lowest BCUT2D eigenvalue weighted by Gasteiger charge is -2.19. The SMILES string of the molecule is CCN(CC)C(=O)NCCc1ccccc1[I+]c1ccc(Br)cc1. The molecule has 3 nitrogen and oxygen atoms in total. The molecular weight excluding hydrogens is 479 g/mol. The molecule has 0 atom stereocenters. The molecule has 0 heterocycles. The zero-order chi connectivity index (χ0) is 17.4. The van der Waals surface area contributed by atoms with Crippen molar-refractivity contribution >= 4 is 22.0 Å². The molecule has 0 fully saturated rings. The fourth-order valence-corrected chi connectivity index (χ4v) is 5.17. The van der Waals surface area contributed by atoms with Gasteiger partial charge in [-0.25, -0.2) is 4.79 Å². The lowest BCUT2D eigenvalue weighted by Crippen LogP contribution is -3.61. The number of nitrogens with zero attached hydrogens (tertiary/aromatic N) is 1. The first kappa shape index (κ1) is 19.2. The highest BCUT2D eigenvalue weighted by molar-refractivity contribution is 9.10. The van der Waals surface area contributed by atoms with Gasteiger partial charge in [-0.1, -0.05) is 34.1 Å². The summed E-state index contributed by atoms with van der Waals surface area (Å²) in [5.74, 6) is 0. The molecule has 5 heteroatoms. The van der Waals surface area contributed by atoms with Crippen molar-refractivity contribution in [2.45, 2.75) is 20.3 Å². The number of hydrogen-bond acceptors (Lipinski definition) is 1. The molecule has 2 aromatic rings. The van der Waals surface area contributed by atoms with Crippen LogP contribution in [0.2, 0.25) is 0 Å². The summed E-state index contributed by atoms with van der Waals surface area (Å²) in [4.78, 5) is 13.8. The van der Waals surface area contributed by atoms with Gasteiger partial charge in [0, 0.05) is 29.7 Å². The van der Waals surface area contributed by atoms with E-state index in [1.54, 1.807) is 4.90 Å². The molecule has 0 aliphatic rings. The van der Waals surface area contributed by atoms with E-state index in [1.165, 1.54) is 12.7 Å². The lowest BCUT2D eigenvalue weighted by atomic mass is 10.1. The number of benzene rings is 2. The molecule has 0 saturated carbocycles. The Balaban J connectivity index is 1.96. The van der Waals surface area contributed by atoms with Gasteiger partial charge in [0.2, 0.25) is 0 Å². The van der Waals surface area contributed by atoms with E-state index in [1.807, 2.05) is 13.8 Å². The highest BCUT2D eigenvalue weighted by Gasteiger charge is 2.19. The van der Waals surface area contributed by atoms with Crippen LogP contribution in [0.15, 0.2) is 53.0 Å². The first-order chi connectivity index (χ1) is 11.6. The van der Waals surface area contributed by atoms with Crippen LogP contribution < -0.4 is 26.5 Å². The van der Waals surface area contributed by atoms with Crippen molar-refractivity contribution in [2.24, 2.45) is 0 Å². The Morgan fingerprint density at radius 1 is 1.08 bits per heavy atom. The van der Waals surface area contributed by atoms with Gasteiger partial charge in [0.25, 0.3) is 0 Å². The van der Waals surface area contributed by atoms with Gasteiger partial charge in [-0.15, -0.1) is 0 Å². The number of urea groups is 1. The number of carbonyl (C=O) groups is 1. The van der Waals surface area contributed by atoms with Gasteiger partial charge in [0.1, 0.15) is 0 Å². The van der Waals surface area contributed by atoms with E-state index < -0.39 is 0 Å². The van der Waals surface area contributed by atoms with Crippen LogP contribution in [0.1, 0.15) is 19.4 Å². The van der Waals surface area contributed by atoms with E-state index in [-0.39, 0.29) is 27.2 Å². The van der Waals surface area contributed by atoms with Crippen LogP contribution in [0.5, 0.6) is 0 Å². The predicted molar refractivity (Wildman–Crippen MR) is 98.0 cm³/mol. The Labute approximate surface area is 163 Å². The van der Waals surface area contributed by atoms with Gasteiger partial charge in [-0.2, -0.15) is 0 Å². The van der Waals surface area contributed by atoms with Crippen LogP contribution >= 0.6 is 15.9 Å². The Bertz CT molecular complexity index is 657. The fraction of sp³-hybridized carbons (Fsp3) is 0.316. The van der Waals surface area contributed by atoms with E-state index in [4.69, 9.17) is 0 Å². The van der Waals surface area contributed by atoms with Crippen LogP contribution in [-0.2, 0) is 6.42 Å². The third-order valence-electron chi connectivity index (χ3n) is 3.69. The van der Waals surface area contributed by atoms with Gasteiger partial charge in [0.15, 0.2) is 7.14 Å². The molecular formula is C19H23BrIN2O+. The average Bonchev–Trinajstić information content (AvgIpc) is 2.59. The van der Waals surface area contributed by atoms with Crippen LogP contribution in [0.25, 0.3) is 0 Å². The summed E-state index contributed by atoms with van der Waals surface area (Å²) in [5.41, 5.74) is 1.34. The Kier molecular flexibility index (Phi) is 8.05. The summed E-state index contributed by atoms with van der Waals surface area (Å²) in [6.07, 6.45) is 0.874. The van der Waals surface area contributed by atoms with Crippen LogP contribution in [-0.4, -0.2) is 30.6 Å². The van der Waals surface area contributed by atoms with Crippen molar-refractivity contribution in [1.29, 1.82) is 0 Å². The molecule has 0 spiro atoms. The molecule has 1 N–H and O–H groups in total. The maximum absolute atomic E-state index is 12.0. The predicted octanol–water partition coefficient (Wildman–Crippen LogP) is 1.17. The topological polar surface area (TPSA) is 32.3 Å². The Morgan fingerprint density at radius 3 is 2.42 bits per heavy atom. The smallest absolute Gasteiger partial charge is 0.338 e. The minimum absolute atomic E-state index is 0.0279. The molecule has 0 aliphatic carbocycles. The normalized spacial score (nSPS) is 10.5. The average molecular weight is 502 g/mol. The summed E-state index contributed by atoms with van der Waals surface area (Å²) in [6.45, 7) is 6.17. The van der Waals surface area contributed by atoms with Crippen molar-refractivity contribution in [3.05, 3.63) is 65.7 Å². The van der Waals surface area contributed by atoms with Gasteiger partial charge >= 0.3 is 27.2 Å².